The Bertz CT molecular complexity index is 979. The lowest BCUT2D eigenvalue weighted by atomic mass is 10.0. The van der Waals surface area contributed by atoms with Crippen molar-refractivity contribution >= 4 is 72.5 Å². The monoisotopic (exact) mass is 559 g/mol. The van der Waals surface area contributed by atoms with Crippen molar-refractivity contribution in [3.05, 3.63) is 38.6 Å². The van der Waals surface area contributed by atoms with Gasteiger partial charge in [-0.2, -0.15) is 0 Å². The molecule has 3 amide bonds. The lowest BCUT2D eigenvalue weighted by Crippen LogP contribution is -2.53. The molecule has 0 unspecified atom stereocenters. The summed E-state index contributed by atoms with van der Waals surface area (Å²) in [5.41, 5.74) is -0.0113. The Labute approximate surface area is 194 Å². The second-order valence-electron chi connectivity index (χ2n) is 6.92. The first-order valence-corrected chi connectivity index (χ1v) is 11.3. The molecule has 30 heavy (non-hydrogen) atoms. The SMILES string of the molecule is CC(C)(NC(=O)Oc1ccc(Br)s1)C(=O)Nc1ccc(N2CCOCC2=O)c(Br)c1. The van der Waals surface area contributed by atoms with Crippen molar-refractivity contribution in [1.82, 2.24) is 5.32 Å². The van der Waals surface area contributed by atoms with E-state index in [2.05, 4.69) is 42.5 Å². The molecule has 1 aromatic heterocycles. The molecule has 11 heteroatoms. The second-order valence-corrected chi connectivity index (χ2v) is 10.2. The first-order chi connectivity index (χ1) is 14.2. The zero-order valence-corrected chi connectivity index (χ0v) is 20.1. The van der Waals surface area contributed by atoms with Crippen LogP contribution in [0.2, 0.25) is 0 Å². The van der Waals surface area contributed by atoms with Gasteiger partial charge >= 0.3 is 6.09 Å². The van der Waals surface area contributed by atoms with Crippen LogP contribution < -0.4 is 20.3 Å². The van der Waals surface area contributed by atoms with Crippen LogP contribution in [-0.4, -0.2) is 43.2 Å². The molecule has 2 heterocycles. The summed E-state index contributed by atoms with van der Waals surface area (Å²) in [4.78, 5) is 38.5. The minimum atomic E-state index is -1.23. The number of carbonyl (C=O) groups is 3. The molecule has 1 aliphatic heterocycles. The summed E-state index contributed by atoms with van der Waals surface area (Å²) in [5.74, 6) is -0.547. The zero-order valence-electron chi connectivity index (χ0n) is 16.2. The molecular weight excluding hydrogens is 542 g/mol. The predicted molar refractivity (Wildman–Crippen MR) is 121 cm³/mol. The van der Waals surface area contributed by atoms with Gasteiger partial charge in [0, 0.05) is 16.7 Å². The highest BCUT2D eigenvalue weighted by molar-refractivity contribution is 9.11. The maximum Gasteiger partial charge on any atom is 0.414 e. The van der Waals surface area contributed by atoms with Crippen LogP contribution >= 0.6 is 43.2 Å². The van der Waals surface area contributed by atoms with Crippen LogP contribution in [0.25, 0.3) is 0 Å². The first kappa shape index (κ1) is 22.7. The Balaban J connectivity index is 1.63. The molecule has 1 saturated heterocycles. The van der Waals surface area contributed by atoms with Crippen molar-refractivity contribution in [2.45, 2.75) is 19.4 Å². The molecule has 1 fully saturated rings. The standard InChI is InChI=1S/C19H19Br2N3O5S/c1-19(2,23-18(27)29-16-6-5-14(21)30-16)17(26)22-11-3-4-13(12(20)9-11)24-7-8-28-10-15(24)25/h3-6,9H,7-8,10H2,1-2H3,(H,22,26)(H,23,27). The molecule has 8 nitrogen and oxygen atoms in total. The lowest BCUT2D eigenvalue weighted by molar-refractivity contribution is -0.125. The minimum absolute atomic E-state index is 0.0450. The minimum Gasteiger partial charge on any atom is -0.399 e. The normalized spacial score (nSPS) is 14.4. The Morgan fingerprint density at radius 1 is 1.23 bits per heavy atom. The number of anilines is 2. The summed E-state index contributed by atoms with van der Waals surface area (Å²) >= 11 is 8.01. The van der Waals surface area contributed by atoms with Crippen LogP contribution in [0.3, 0.4) is 0 Å². The van der Waals surface area contributed by atoms with E-state index in [1.807, 2.05) is 0 Å². The van der Waals surface area contributed by atoms with Gasteiger partial charge < -0.3 is 25.0 Å². The van der Waals surface area contributed by atoms with Gasteiger partial charge in [-0.3, -0.25) is 9.59 Å². The van der Waals surface area contributed by atoms with E-state index in [-0.39, 0.29) is 12.5 Å². The number of benzene rings is 1. The van der Waals surface area contributed by atoms with Gasteiger partial charge in [0.15, 0.2) is 5.06 Å². The van der Waals surface area contributed by atoms with Crippen LogP contribution in [0.15, 0.2) is 38.6 Å². The number of nitrogens with one attached hydrogen (secondary N) is 2. The number of morpholine rings is 1. The summed E-state index contributed by atoms with van der Waals surface area (Å²) in [7, 11) is 0. The van der Waals surface area contributed by atoms with E-state index in [0.717, 1.165) is 3.79 Å². The van der Waals surface area contributed by atoms with Crippen molar-refractivity contribution in [2.24, 2.45) is 0 Å². The molecule has 1 aliphatic rings. The maximum absolute atomic E-state index is 12.7. The van der Waals surface area contributed by atoms with Gasteiger partial charge in [0.1, 0.15) is 12.1 Å². The van der Waals surface area contributed by atoms with Gasteiger partial charge in [0.2, 0.25) is 5.91 Å². The largest absolute Gasteiger partial charge is 0.414 e. The van der Waals surface area contributed by atoms with Crippen LogP contribution in [0.5, 0.6) is 5.06 Å². The van der Waals surface area contributed by atoms with Crippen molar-refractivity contribution in [2.75, 3.05) is 30.0 Å². The van der Waals surface area contributed by atoms with E-state index in [0.29, 0.717) is 34.1 Å². The Morgan fingerprint density at radius 2 is 2.00 bits per heavy atom. The molecule has 0 bridgehead atoms. The van der Waals surface area contributed by atoms with Crippen molar-refractivity contribution < 1.29 is 23.9 Å². The number of thiophene rings is 1. The van der Waals surface area contributed by atoms with Gasteiger partial charge in [-0.1, -0.05) is 11.3 Å². The number of nitrogens with zero attached hydrogens (tertiary/aromatic N) is 1. The highest BCUT2D eigenvalue weighted by Crippen LogP contribution is 2.31. The van der Waals surface area contributed by atoms with Crippen LogP contribution in [0.4, 0.5) is 16.2 Å². The zero-order chi connectivity index (χ0) is 21.9. The third-order valence-corrected chi connectivity index (χ3v) is 6.34. The van der Waals surface area contributed by atoms with Gasteiger partial charge in [-0.25, -0.2) is 4.79 Å². The van der Waals surface area contributed by atoms with Gasteiger partial charge in [0.05, 0.1) is 16.1 Å². The van der Waals surface area contributed by atoms with E-state index in [1.54, 1.807) is 49.1 Å². The average Bonchev–Trinajstić information content (AvgIpc) is 3.06. The van der Waals surface area contributed by atoms with E-state index in [1.165, 1.54) is 11.3 Å². The highest BCUT2D eigenvalue weighted by Gasteiger charge is 2.31. The Hall–Kier alpha value is -1.95. The lowest BCUT2D eigenvalue weighted by Gasteiger charge is -2.28. The first-order valence-electron chi connectivity index (χ1n) is 8.90. The van der Waals surface area contributed by atoms with E-state index in [4.69, 9.17) is 9.47 Å². The molecule has 1 aromatic carbocycles. The molecule has 0 spiro atoms. The fourth-order valence-electron chi connectivity index (χ4n) is 2.64. The third-order valence-electron chi connectivity index (χ3n) is 4.21. The molecule has 2 N–H and O–H groups in total. The molecule has 0 aliphatic carbocycles. The average molecular weight is 561 g/mol. The topological polar surface area (TPSA) is 97.0 Å². The van der Waals surface area contributed by atoms with E-state index < -0.39 is 17.5 Å². The summed E-state index contributed by atoms with van der Waals surface area (Å²) < 4.78 is 11.8. The molecule has 0 radical (unpaired) electrons. The summed E-state index contributed by atoms with van der Waals surface area (Å²) in [5, 5.41) is 5.73. The van der Waals surface area contributed by atoms with Crippen molar-refractivity contribution in [3.8, 4) is 5.06 Å². The fourth-order valence-corrected chi connectivity index (χ4v) is 4.43. The van der Waals surface area contributed by atoms with Crippen molar-refractivity contribution in [3.63, 3.8) is 0 Å². The fraction of sp³-hybridized carbons (Fsp3) is 0.316. The molecule has 0 saturated carbocycles. The molecular formula is C19H19Br2N3O5S. The van der Waals surface area contributed by atoms with Crippen LogP contribution in [-0.2, 0) is 14.3 Å². The van der Waals surface area contributed by atoms with E-state index >= 15 is 0 Å². The summed E-state index contributed by atoms with van der Waals surface area (Å²) in [6.45, 7) is 4.12. The highest BCUT2D eigenvalue weighted by atomic mass is 79.9. The van der Waals surface area contributed by atoms with Gasteiger partial charge in [-0.15, -0.1) is 0 Å². The molecule has 0 atom stereocenters. The second kappa shape index (κ2) is 9.46. The van der Waals surface area contributed by atoms with Crippen molar-refractivity contribution in [1.29, 1.82) is 0 Å². The van der Waals surface area contributed by atoms with E-state index in [9.17, 15) is 14.4 Å². The van der Waals surface area contributed by atoms with Crippen LogP contribution in [0.1, 0.15) is 13.8 Å². The number of amides is 3. The quantitative estimate of drug-likeness (QED) is 0.573. The number of carbonyl (C=O) groups excluding carboxylic acids is 3. The third kappa shape index (κ3) is 5.60. The Morgan fingerprint density at radius 3 is 2.63 bits per heavy atom. The Kier molecular flexibility index (Phi) is 7.17. The van der Waals surface area contributed by atoms with Gasteiger partial charge in [-0.05, 0) is 76.0 Å². The van der Waals surface area contributed by atoms with Crippen LogP contribution in [0, 0.1) is 0 Å². The number of rotatable bonds is 5. The summed E-state index contributed by atoms with van der Waals surface area (Å²) in [6.07, 6.45) is -0.730. The number of halogens is 2. The maximum atomic E-state index is 12.7. The number of ether oxygens (including phenoxy) is 2. The molecule has 2 aromatic rings. The number of hydrogen-bond donors (Lipinski definition) is 2. The summed E-state index contributed by atoms with van der Waals surface area (Å²) in [6, 6.07) is 8.55. The smallest absolute Gasteiger partial charge is 0.399 e. The molecule has 3 rings (SSSR count). The van der Waals surface area contributed by atoms with Gasteiger partial charge in [0.25, 0.3) is 5.91 Å². The molecule has 160 valence electrons. The predicted octanol–water partition coefficient (Wildman–Crippen LogP) is 4.14. The number of hydrogen-bond acceptors (Lipinski definition) is 6.